The third-order valence-electron chi connectivity index (χ3n) is 8.24. The van der Waals surface area contributed by atoms with Crippen LogP contribution in [-0.2, 0) is 11.2 Å². The number of rotatable bonds is 9. The molecule has 4 N–H and O–H groups in total. The number of hydrogen-bond donors (Lipinski definition) is 3. The summed E-state index contributed by atoms with van der Waals surface area (Å²) in [5, 5.41) is 6.17. The number of anilines is 4. The fourth-order valence-electron chi connectivity index (χ4n) is 5.78. The van der Waals surface area contributed by atoms with Gasteiger partial charge in [0.15, 0.2) is 17.3 Å². The molecule has 3 fully saturated rings. The van der Waals surface area contributed by atoms with Crippen LogP contribution in [-0.4, -0.2) is 103 Å². The lowest BCUT2D eigenvalue weighted by molar-refractivity contribution is -0.117. The van der Waals surface area contributed by atoms with Gasteiger partial charge in [0.05, 0.1) is 11.7 Å². The van der Waals surface area contributed by atoms with Crippen molar-refractivity contribution in [1.29, 1.82) is 0 Å². The van der Waals surface area contributed by atoms with Gasteiger partial charge in [-0.05, 0) is 56.7 Å². The van der Waals surface area contributed by atoms with Crippen LogP contribution in [0.3, 0.4) is 0 Å². The van der Waals surface area contributed by atoms with E-state index in [9.17, 15) is 9.59 Å². The predicted molar refractivity (Wildman–Crippen MR) is 158 cm³/mol. The second-order valence-corrected chi connectivity index (χ2v) is 11.0. The first-order valence-corrected chi connectivity index (χ1v) is 14.3. The van der Waals surface area contributed by atoms with E-state index in [4.69, 9.17) is 10.7 Å². The average Bonchev–Trinajstić information content (AvgIpc) is 2.95. The Labute approximate surface area is 236 Å². The second-order valence-electron chi connectivity index (χ2n) is 11.0. The summed E-state index contributed by atoms with van der Waals surface area (Å²) in [6.07, 6.45) is 4.24. The number of piperidine rings is 1. The van der Waals surface area contributed by atoms with Gasteiger partial charge in [-0.2, -0.15) is 0 Å². The number of aromatic nitrogens is 2. The van der Waals surface area contributed by atoms with Crippen molar-refractivity contribution in [2.45, 2.75) is 38.3 Å². The van der Waals surface area contributed by atoms with Crippen LogP contribution in [0, 0.1) is 0 Å². The molecule has 1 aromatic heterocycles. The third kappa shape index (κ3) is 6.20. The van der Waals surface area contributed by atoms with E-state index in [-0.39, 0.29) is 17.6 Å². The number of primary amides is 1. The standard InChI is InChI=1S/C29H41N9O2/c1-4-24-29(38-18-21(19-38)31-25(39)5-2)34-28(26(33-24)27(30)40)32-20-6-8-22(9-7-20)36-12-10-23(11-13-36)37-16-14-35(3)15-17-37/h5-9,21,23H,2,4,10-19H2,1,3H3,(H2,30,40)(H,31,39)(H,32,34). The van der Waals surface area contributed by atoms with Crippen molar-refractivity contribution in [1.82, 2.24) is 25.1 Å². The molecular weight excluding hydrogens is 506 g/mol. The number of amides is 2. The van der Waals surface area contributed by atoms with Gasteiger partial charge in [0.1, 0.15) is 0 Å². The van der Waals surface area contributed by atoms with Crippen LogP contribution in [0.25, 0.3) is 0 Å². The lowest BCUT2D eigenvalue weighted by Crippen LogP contribution is -2.59. The molecule has 3 aliphatic heterocycles. The van der Waals surface area contributed by atoms with Crippen molar-refractivity contribution in [2.75, 3.05) is 74.5 Å². The molecule has 5 rings (SSSR count). The maximum absolute atomic E-state index is 12.3. The molecular formula is C29H41N9O2. The predicted octanol–water partition coefficient (Wildman–Crippen LogP) is 1.59. The molecule has 0 radical (unpaired) electrons. The Morgan fingerprint density at radius 1 is 1.02 bits per heavy atom. The van der Waals surface area contributed by atoms with Crippen molar-refractivity contribution in [3.05, 3.63) is 48.3 Å². The summed E-state index contributed by atoms with van der Waals surface area (Å²) in [5.41, 5.74) is 8.50. The minimum absolute atomic E-state index is 0.0170. The summed E-state index contributed by atoms with van der Waals surface area (Å²) in [5.74, 6) is 0.203. The molecule has 0 bridgehead atoms. The molecule has 2 amide bonds. The Morgan fingerprint density at radius 3 is 2.30 bits per heavy atom. The fourth-order valence-corrected chi connectivity index (χ4v) is 5.78. The van der Waals surface area contributed by atoms with Crippen molar-refractivity contribution in [3.63, 3.8) is 0 Å². The molecule has 0 aliphatic carbocycles. The van der Waals surface area contributed by atoms with E-state index in [1.165, 1.54) is 37.7 Å². The molecule has 11 heteroatoms. The second kappa shape index (κ2) is 12.2. The number of carbonyl (C=O) groups is 2. The summed E-state index contributed by atoms with van der Waals surface area (Å²) in [6, 6.07) is 8.93. The van der Waals surface area contributed by atoms with E-state index in [2.05, 4.69) is 56.1 Å². The molecule has 4 heterocycles. The third-order valence-corrected chi connectivity index (χ3v) is 8.24. The molecule has 0 saturated carbocycles. The summed E-state index contributed by atoms with van der Waals surface area (Å²) in [6.45, 7) is 13.4. The summed E-state index contributed by atoms with van der Waals surface area (Å²) < 4.78 is 0. The zero-order valence-electron chi connectivity index (χ0n) is 23.6. The lowest BCUT2D eigenvalue weighted by Gasteiger charge is -2.42. The minimum Gasteiger partial charge on any atom is -0.371 e. The molecule has 11 nitrogen and oxygen atoms in total. The van der Waals surface area contributed by atoms with Gasteiger partial charge in [-0.3, -0.25) is 14.5 Å². The van der Waals surface area contributed by atoms with Crippen LogP contribution >= 0.6 is 0 Å². The Morgan fingerprint density at radius 2 is 1.70 bits per heavy atom. The Kier molecular flexibility index (Phi) is 8.51. The van der Waals surface area contributed by atoms with Crippen LogP contribution in [0.4, 0.5) is 23.0 Å². The zero-order valence-corrected chi connectivity index (χ0v) is 23.6. The van der Waals surface area contributed by atoms with Gasteiger partial charge < -0.3 is 31.1 Å². The highest BCUT2D eigenvalue weighted by Gasteiger charge is 2.32. The average molecular weight is 548 g/mol. The molecule has 0 spiro atoms. The number of aryl methyl sites for hydroxylation is 1. The van der Waals surface area contributed by atoms with Gasteiger partial charge in [0, 0.05) is 69.8 Å². The largest absolute Gasteiger partial charge is 0.371 e. The summed E-state index contributed by atoms with van der Waals surface area (Å²) in [4.78, 5) is 42.8. The molecule has 0 unspecified atom stereocenters. The molecule has 3 aliphatic rings. The van der Waals surface area contributed by atoms with Crippen molar-refractivity contribution >= 4 is 34.8 Å². The van der Waals surface area contributed by atoms with E-state index in [1.54, 1.807) is 0 Å². The number of nitrogens with one attached hydrogen (secondary N) is 2. The number of hydrogen-bond acceptors (Lipinski definition) is 9. The van der Waals surface area contributed by atoms with Gasteiger partial charge in [-0.1, -0.05) is 13.5 Å². The van der Waals surface area contributed by atoms with E-state index < -0.39 is 5.91 Å². The molecule has 2 aromatic rings. The Hall–Kier alpha value is -3.70. The smallest absolute Gasteiger partial charge is 0.271 e. The molecule has 40 heavy (non-hydrogen) atoms. The highest BCUT2D eigenvalue weighted by Crippen LogP contribution is 2.29. The zero-order chi connectivity index (χ0) is 28.2. The van der Waals surface area contributed by atoms with E-state index in [1.807, 2.05) is 24.0 Å². The van der Waals surface area contributed by atoms with Crippen molar-refractivity contribution in [2.24, 2.45) is 5.73 Å². The van der Waals surface area contributed by atoms with Crippen molar-refractivity contribution in [3.8, 4) is 0 Å². The van der Waals surface area contributed by atoms with Crippen molar-refractivity contribution < 1.29 is 9.59 Å². The number of carbonyl (C=O) groups excluding carboxylic acids is 2. The first kappa shape index (κ1) is 27.9. The Balaban J connectivity index is 1.24. The van der Waals surface area contributed by atoms with Crippen LogP contribution in [0.15, 0.2) is 36.9 Å². The van der Waals surface area contributed by atoms with Gasteiger partial charge in [-0.25, -0.2) is 9.97 Å². The highest BCUT2D eigenvalue weighted by molar-refractivity contribution is 5.96. The maximum atomic E-state index is 12.3. The van der Waals surface area contributed by atoms with E-state index >= 15 is 0 Å². The molecule has 3 saturated heterocycles. The number of nitrogens with zero attached hydrogens (tertiary/aromatic N) is 6. The summed E-state index contributed by atoms with van der Waals surface area (Å²) >= 11 is 0. The first-order valence-electron chi connectivity index (χ1n) is 14.3. The molecule has 0 atom stereocenters. The van der Waals surface area contributed by atoms with Gasteiger partial charge in [0.2, 0.25) is 5.91 Å². The van der Waals surface area contributed by atoms with Gasteiger partial charge in [-0.15, -0.1) is 0 Å². The number of piperazine rings is 1. The lowest BCUT2D eigenvalue weighted by atomic mass is 10.0. The minimum atomic E-state index is -0.629. The highest BCUT2D eigenvalue weighted by atomic mass is 16.2. The SMILES string of the molecule is C=CC(=O)NC1CN(c2nc(Nc3ccc(N4CCC(N5CCN(C)CC5)CC4)cc3)c(C(N)=O)nc2CC)C1. The molecule has 214 valence electrons. The monoisotopic (exact) mass is 547 g/mol. The molecule has 1 aromatic carbocycles. The first-order chi connectivity index (χ1) is 19.3. The van der Waals surface area contributed by atoms with E-state index in [0.717, 1.165) is 31.9 Å². The summed E-state index contributed by atoms with van der Waals surface area (Å²) in [7, 11) is 2.20. The fraction of sp³-hybridized carbons (Fsp3) is 0.517. The number of nitrogens with two attached hydrogens (primary N) is 1. The van der Waals surface area contributed by atoms with Crippen LogP contribution < -0.4 is 26.2 Å². The quantitative estimate of drug-likeness (QED) is 0.402. The maximum Gasteiger partial charge on any atom is 0.271 e. The normalized spacial score (nSPS) is 19.2. The Bertz CT molecular complexity index is 1210. The number of likely N-dealkylation sites (N-methyl/N-ethyl adjacent to an activating group) is 1. The van der Waals surface area contributed by atoms with Gasteiger partial charge >= 0.3 is 0 Å². The van der Waals surface area contributed by atoms with Crippen LogP contribution in [0.5, 0.6) is 0 Å². The van der Waals surface area contributed by atoms with Gasteiger partial charge in [0.25, 0.3) is 5.91 Å². The topological polar surface area (TPSA) is 123 Å². The van der Waals surface area contributed by atoms with E-state index in [0.29, 0.717) is 42.9 Å². The van der Waals surface area contributed by atoms with Crippen LogP contribution in [0.1, 0.15) is 35.9 Å². The van der Waals surface area contributed by atoms with Crippen LogP contribution in [0.2, 0.25) is 0 Å². The number of benzene rings is 1.